The Morgan fingerprint density at radius 1 is 1.05 bits per heavy atom. The lowest BCUT2D eigenvalue weighted by Crippen LogP contribution is -2.55. The first-order valence-electron chi connectivity index (χ1n) is 15.1. The average molecular weight is 603 g/mol. The summed E-state index contributed by atoms with van der Waals surface area (Å²) in [6.45, 7) is 3.92. The molecule has 4 saturated heterocycles. The van der Waals surface area contributed by atoms with Crippen LogP contribution in [0.25, 0.3) is 32.9 Å². The maximum atomic E-state index is 16.6. The highest BCUT2D eigenvalue weighted by Gasteiger charge is 2.45. The molecule has 222 valence electrons. The summed E-state index contributed by atoms with van der Waals surface area (Å²) in [5.74, 6) is -0.735. The third-order valence-electron chi connectivity index (χ3n) is 9.80. The van der Waals surface area contributed by atoms with Gasteiger partial charge in [0.25, 0.3) is 0 Å². The first-order valence-corrected chi connectivity index (χ1v) is 15.5. The highest BCUT2D eigenvalue weighted by Crippen LogP contribution is 2.41. The molecule has 2 aromatic heterocycles. The molecule has 4 aromatic rings. The molecule has 1 amide bonds. The molecule has 2 aromatic carbocycles. The van der Waals surface area contributed by atoms with Crippen LogP contribution in [0.15, 0.2) is 42.6 Å². The molecule has 2 bridgehead atoms. The van der Waals surface area contributed by atoms with Gasteiger partial charge < -0.3 is 14.8 Å². The molecule has 4 fully saturated rings. The van der Waals surface area contributed by atoms with E-state index >= 15 is 4.39 Å². The summed E-state index contributed by atoms with van der Waals surface area (Å²) in [4.78, 5) is 31.3. The molecular weight excluding hydrogens is 571 g/mol. The van der Waals surface area contributed by atoms with Crippen LogP contribution >= 0.6 is 11.6 Å². The third-order valence-corrected chi connectivity index (χ3v) is 10.1. The molecule has 9 nitrogen and oxygen atoms in total. The zero-order valence-electron chi connectivity index (χ0n) is 23.7. The number of nitrogens with one attached hydrogen (secondary N) is 1. The zero-order valence-corrected chi connectivity index (χ0v) is 24.4. The topological polar surface area (TPSA) is 92.7 Å². The summed E-state index contributed by atoms with van der Waals surface area (Å²) in [5.41, 5.74) is 0.445. The van der Waals surface area contributed by atoms with Gasteiger partial charge in [0.1, 0.15) is 17.8 Å². The van der Waals surface area contributed by atoms with E-state index in [9.17, 15) is 4.79 Å². The van der Waals surface area contributed by atoms with E-state index in [4.69, 9.17) is 21.1 Å². The standard InChI is InChI=1S/C32H32ClFN6O3/c33-24-10-7-19-5-1-2-6-22(19)25(24)28-26(34)27-23(17-36-28)29(43-31(41)40-20-8-9-21(40)16-35-15-20)38-30(37-27)42-18-32-11-3-13-39(32)14-4-12-32/h1-2,5-7,10,17,20-21,35H,3-4,8-9,11-16,18H2. The van der Waals surface area contributed by atoms with Gasteiger partial charge >= 0.3 is 12.1 Å². The molecule has 0 radical (unpaired) electrons. The fourth-order valence-electron chi connectivity index (χ4n) is 7.68. The fourth-order valence-corrected chi connectivity index (χ4v) is 7.94. The van der Waals surface area contributed by atoms with Crippen molar-refractivity contribution in [3.05, 3.63) is 53.4 Å². The number of benzene rings is 2. The monoisotopic (exact) mass is 602 g/mol. The van der Waals surface area contributed by atoms with Crippen LogP contribution in [0.1, 0.15) is 38.5 Å². The third kappa shape index (κ3) is 4.49. The van der Waals surface area contributed by atoms with Gasteiger partial charge in [-0.3, -0.25) is 14.8 Å². The maximum Gasteiger partial charge on any atom is 0.417 e. The Balaban J connectivity index is 1.22. The van der Waals surface area contributed by atoms with Gasteiger partial charge in [-0.1, -0.05) is 41.9 Å². The Morgan fingerprint density at radius 3 is 2.60 bits per heavy atom. The maximum absolute atomic E-state index is 16.6. The van der Waals surface area contributed by atoms with Gasteiger partial charge in [-0.15, -0.1) is 0 Å². The number of aromatic nitrogens is 3. The lowest BCUT2D eigenvalue weighted by Gasteiger charge is -2.34. The van der Waals surface area contributed by atoms with E-state index < -0.39 is 11.9 Å². The number of hydrogen-bond donors (Lipinski definition) is 1. The molecule has 43 heavy (non-hydrogen) atoms. The summed E-state index contributed by atoms with van der Waals surface area (Å²) < 4.78 is 28.7. The Hall–Kier alpha value is -3.60. The van der Waals surface area contributed by atoms with Crippen molar-refractivity contribution in [2.75, 3.05) is 32.8 Å². The highest BCUT2D eigenvalue weighted by atomic mass is 35.5. The summed E-state index contributed by atoms with van der Waals surface area (Å²) in [7, 11) is 0. The van der Waals surface area contributed by atoms with Gasteiger partial charge in [-0.05, 0) is 68.5 Å². The lowest BCUT2D eigenvalue weighted by atomic mass is 9.95. The number of amides is 1. The second-order valence-electron chi connectivity index (χ2n) is 12.2. The van der Waals surface area contributed by atoms with Gasteiger partial charge in [0.15, 0.2) is 5.82 Å². The molecule has 11 heteroatoms. The van der Waals surface area contributed by atoms with Crippen LogP contribution in [-0.4, -0.2) is 81.3 Å². The zero-order chi connectivity index (χ0) is 29.1. The Morgan fingerprint density at radius 2 is 1.81 bits per heavy atom. The fraction of sp³-hybridized carbons (Fsp3) is 0.438. The molecule has 0 aliphatic carbocycles. The van der Waals surface area contributed by atoms with Crippen molar-refractivity contribution in [2.45, 2.75) is 56.1 Å². The number of carbonyl (C=O) groups is 1. The Bertz CT molecular complexity index is 1730. The Kier molecular flexibility index (Phi) is 6.61. The molecule has 1 N–H and O–H groups in total. The minimum absolute atomic E-state index is 0.0215. The van der Waals surface area contributed by atoms with E-state index in [0.717, 1.165) is 62.4 Å². The van der Waals surface area contributed by atoms with Gasteiger partial charge in [0, 0.05) is 36.9 Å². The molecule has 0 spiro atoms. The number of ether oxygens (including phenoxy) is 2. The van der Waals surface area contributed by atoms with E-state index in [1.54, 1.807) is 11.0 Å². The largest absolute Gasteiger partial charge is 0.461 e. The van der Waals surface area contributed by atoms with Crippen LogP contribution < -0.4 is 14.8 Å². The molecule has 2 atom stereocenters. The summed E-state index contributed by atoms with van der Waals surface area (Å²) in [5, 5.41) is 5.62. The second kappa shape index (κ2) is 10.5. The van der Waals surface area contributed by atoms with E-state index in [1.807, 2.05) is 30.3 Å². The van der Waals surface area contributed by atoms with Crippen molar-refractivity contribution in [3.8, 4) is 23.1 Å². The van der Waals surface area contributed by atoms with Crippen molar-refractivity contribution >= 4 is 39.4 Å². The van der Waals surface area contributed by atoms with Crippen LogP contribution in [-0.2, 0) is 0 Å². The molecule has 6 heterocycles. The van der Waals surface area contributed by atoms with Crippen LogP contribution in [0.3, 0.4) is 0 Å². The molecule has 0 saturated carbocycles. The number of carbonyl (C=O) groups excluding carboxylic acids is 1. The SMILES string of the molecule is O=C(Oc1nc(OCC23CCCN2CCC3)nc2c(F)c(-c3c(Cl)ccc4ccccc34)ncc12)N1C2CCC1CNC2. The van der Waals surface area contributed by atoms with Crippen molar-refractivity contribution in [1.82, 2.24) is 30.1 Å². The highest BCUT2D eigenvalue weighted by molar-refractivity contribution is 6.35. The molecule has 8 rings (SSSR count). The normalized spacial score (nSPS) is 22.8. The second-order valence-corrected chi connectivity index (χ2v) is 12.6. The summed E-state index contributed by atoms with van der Waals surface area (Å²) >= 11 is 6.64. The summed E-state index contributed by atoms with van der Waals surface area (Å²) in [6.07, 6.45) is 7.09. The predicted molar refractivity (Wildman–Crippen MR) is 161 cm³/mol. The first-order chi connectivity index (χ1) is 21.0. The van der Waals surface area contributed by atoms with E-state index in [1.165, 1.54) is 6.20 Å². The minimum Gasteiger partial charge on any atom is -0.461 e. The van der Waals surface area contributed by atoms with Crippen LogP contribution in [0, 0.1) is 5.82 Å². The van der Waals surface area contributed by atoms with Crippen LogP contribution in [0.2, 0.25) is 5.02 Å². The lowest BCUT2D eigenvalue weighted by molar-refractivity contribution is 0.104. The Labute approximate surface area is 253 Å². The number of fused-ring (bicyclic) bond motifs is 5. The van der Waals surface area contributed by atoms with E-state index in [-0.39, 0.29) is 46.1 Å². The van der Waals surface area contributed by atoms with Gasteiger partial charge in [0.2, 0.25) is 5.88 Å². The number of halogens is 2. The van der Waals surface area contributed by atoms with Gasteiger partial charge in [-0.25, -0.2) is 9.18 Å². The molecular formula is C32H32ClFN6O3. The first kappa shape index (κ1) is 27.0. The van der Waals surface area contributed by atoms with Crippen LogP contribution in [0.4, 0.5) is 9.18 Å². The van der Waals surface area contributed by atoms with Gasteiger partial charge in [0.05, 0.1) is 15.9 Å². The van der Waals surface area contributed by atoms with E-state index in [2.05, 4.69) is 25.2 Å². The number of pyridine rings is 1. The molecule has 2 unspecified atom stereocenters. The molecule has 4 aliphatic heterocycles. The summed E-state index contributed by atoms with van der Waals surface area (Å²) in [6, 6.07) is 11.3. The van der Waals surface area contributed by atoms with E-state index in [0.29, 0.717) is 30.3 Å². The minimum atomic E-state index is -0.677. The predicted octanol–water partition coefficient (Wildman–Crippen LogP) is 5.58. The number of hydrogen-bond acceptors (Lipinski definition) is 8. The number of nitrogens with zero attached hydrogens (tertiary/aromatic N) is 5. The quantitative estimate of drug-likeness (QED) is 0.317. The number of rotatable bonds is 5. The van der Waals surface area contributed by atoms with Gasteiger partial charge in [-0.2, -0.15) is 9.97 Å². The van der Waals surface area contributed by atoms with Crippen LogP contribution in [0.5, 0.6) is 11.9 Å². The number of piperazine rings is 1. The molecule has 4 aliphatic rings. The smallest absolute Gasteiger partial charge is 0.417 e. The van der Waals surface area contributed by atoms with Crippen molar-refractivity contribution in [2.24, 2.45) is 0 Å². The van der Waals surface area contributed by atoms with Crippen molar-refractivity contribution in [1.29, 1.82) is 0 Å². The van der Waals surface area contributed by atoms with Crippen molar-refractivity contribution in [3.63, 3.8) is 0 Å². The van der Waals surface area contributed by atoms with Crippen molar-refractivity contribution < 1.29 is 18.7 Å². The average Bonchev–Trinajstić information content (AvgIpc) is 3.67.